The molecule has 0 saturated carbocycles. The van der Waals surface area contributed by atoms with Gasteiger partial charge in [-0.05, 0) is 0 Å². The van der Waals surface area contributed by atoms with Crippen molar-refractivity contribution in [1.82, 2.24) is 0 Å². The summed E-state index contributed by atoms with van der Waals surface area (Å²) in [4.78, 5) is 0. The van der Waals surface area contributed by atoms with Crippen LogP contribution in [0.15, 0.2) is 18.2 Å². The van der Waals surface area contributed by atoms with E-state index < -0.39 is 21.4 Å². The van der Waals surface area contributed by atoms with Crippen molar-refractivity contribution in [2.75, 3.05) is 0 Å². The predicted octanol–water partition coefficient (Wildman–Crippen LogP) is 5.40. The first kappa shape index (κ1) is 14.8. The Hall–Kier alpha value is -0.170. The normalized spacial score (nSPS) is 25.9. The van der Waals surface area contributed by atoms with Crippen LogP contribution < -0.4 is 0 Å². The van der Waals surface area contributed by atoms with E-state index in [9.17, 15) is 0 Å². The monoisotopic (exact) mass is 435 g/mol. The summed E-state index contributed by atoms with van der Waals surface area (Å²) < 4.78 is 5.62. The minimum atomic E-state index is -1.57. The van der Waals surface area contributed by atoms with Crippen molar-refractivity contribution in [3.05, 3.63) is 40.5 Å². The van der Waals surface area contributed by atoms with Crippen LogP contribution in [0.3, 0.4) is 0 Å². The molecule has 0 radical (unpaired) electrons. The molecule has 0 spiro atoms. The number of benzene rings is 1. The average molecular weight is 434 g/mol. The fourth-order valence-corrected chi connectivity index (χ4v) is 12.8. The number of hydrogen-bond donors (Lipinski definition) is 0. The SMILES string of the molecule is CC(C)[C]1([Hf]([CH3])[CH3])C=Cc2cc3c(cc21)CC(C)(C)C3. The molecule has 0 aliphatic heterocycles. The van der Waals surface area contributed by atoms with Gasteiger partial charge in [0, 0.05) is 0 Å². The Morgan fingerprint density at radius 3 is 2.20 bits per heavy atom. The third kappa shape index (κ3) is 2.03. The van der Waals surface area contributed by atoms with Crippen LogP contribution in [-0.4, -0.2) is 0 Å². The van der Waals surface area contributed by atoms with E-state index in [4.69, 9.17) is 0 Å². The molecule has 0 bridgehead atoms. The van der Waals surface area contributed by atoms with E-state index in [1.54, 1.807) is 16.7 Å². The molecular formula is C19H27Hf. The molecule has 2 aliphatic rings. The van der Waals surface area contributed by atoms with E-state index in [1.807, 2.05) is 0 Å². The van der Waals surface area contributed by atoms with Crippen LogP contribution in [0.1, 0.15) is 49.9 Å². The van der Waals surface area contributed by atoms with Gasteiger partial charge >= 0.3 is 132 Å². The molecule has 0 saturated heterocycles. The van der Waals surface area contributed by atoms with Gasteiger partial charge < -0.3 is 0 Å². The van der Waals surface area contributed by atoms with E-state index in [2.05, 4.69) is 61.3 Å². The standard InChI is InChI=1S/C17H21.2CH3.Hf/c1-11(2)15-6-5-12-7-13-9-17(3,4)10-14(13)8-16(12)15;;;/h5-8,11H,9-10H2,1-4H3;2*1H3;. The molecule has 0 heterocycles. The molecule has 0 amide bonds. The van der Waals surface area contributed by atoms with E-state index in [1.165, 1.54) is 18.4 Å². The first-order chi connectivity index (χ1) is 9.26. The molecular weight excluding hydrogens is 407 g/mol. The molecule has 107 valence electrons. The van der Waals surface area contributed by atoms with Gasteiger partial charge in [-0.1, -0.05) is 0 Å². The van der Waals surface area contributed by atoms with Crippen molar-refractivity contribution < 1.29 is 21.4 Å². The third-order valence-corrected chi connectivity index (χ3v) is 15.0. The summed E-state index contributed by atoms with van der Waals surface area (Å²) in [5, 5.41) is 0. The zero-order valence-corrected chi connectivity index (χ0v) is 17.4. The summed E-state index contributed by atoms with van der Waals surface area (Å²) in [5.74, 6) is 0.740. The predicted molar refractivity (Wildman–Crippen MR) is 84.9 cm³/mol. The molecule has 20 heavy (non-hydrogen) atoms. The molecule has 1 atom stereocenters. The summed E-state index contributed by atoms with van der Waals surface area (Å²) in [6, 6.07) is 5.10. The number of rotatable bonds is 2. The van der Waals surface area contributed by atoms with Crippen molar-refractivity contribution in [2.24, 2.45) is 11.3 Å². The van der Waals surface area contributed by atoms with Crippen LogP contribution in [0, 0.1) is 11.3 Å². The first-order valence-electron chi connectivity index (χ1n) is 7.92. The van der Waals surface area contributed by atoms with Gasteiger partial charge in [-0.3, -0.25) is 0 Å². The molecule has 1 unspecified atom stereocenters. The molecule has 2 aliphatic carbocycles. The van der Waals surface area contributed by atoms with Crippen molar-refractivity contribution in [3.8, 4) is 0 Å². The maximum absolute atomic E-state index is 2.59. The van der Waals surface area contributed by atoms with Gasteiger partial charge in [0.2, 0.25) is 0 Å². The van der Waals surface area contributed by atoms with Crippen molar-refractivity contribution in [1.29, 1.82) is 0 Å². The number of allylic oxidation sites excluding steroid dienone is 1. The maximum atomic E-state index is 2.59. The zero-order chi connectivity index (χ0) is 14.7. The Morgan fingerprint density at radius 2 is 1.65 bits per heavy atom. The van der Waals surface area contributed by atoms with E-state index in [0.29, 0.717) is 8.59 Å². The number of hydrogen-bond acceptors (Lipinski definition) is 0. The summed E-state index contributed by atoms with van der Waals surface area (Å²) in [6.45, 7) is 9.67. The molecule has 0 nitrogen and oxygen atoms in total. The second-order valence-electron chi connectivity index (χ2n) is 8.08. The van der Waals surface area contributed by atoms with Crippen LogP contribution in [-0.2, 0) is 37.5 Å². The van der Waals surface area contributed by atoms with E-state index in [0.717, 1.165) is 5.92 Å². The van der Waals surface area contributed by atoms with Crippen molar-refractivity contribution in [2.45, 2.75) is 53.1 Å². The van der Waals surface area contributed by atoms with Gasteiger partial charge in [0.25, 0.3) is 0 Å². The van der Waals surface area contributed by atoms with Crippen LogP contribution in [0.5, 0.6) is 0 Å². The quantitative estimate of drug-likeness (QED) is 0.547. The number of fused-ring (bicyclic) bond motifs is 2. The molecule has 1 aromatic rings. The summed E-state index contributed by atoms with van der Waals surface area (Å²) in [7, 11) is 0. The molecule has 0 aromatic heterocycles. The van der Waals surface area contributed by atoms with E-state index >= 15 is 0 Å². The third-order valence-electron chi connectivity index (χ3n) is 5.42. The zero-order valence-electron chi connectivity index (χ0n) is 13.8. The minimum absolute atomic E-state index is 0.446. The van der Waals surface area contributed by atoms with E-state index in [-0.39, 0.29) is 0 Å². The molecule has 1 aromatic carbocycles. The van der Waals surface area contributed by atoms with Gasteiger partial charge in [0.05, 0.1) is 0 Å². The molecule has 1 heteroatoms. The van der Waals surface area contributed by atoms with Crippen molar-refractivity contribution in [3.63, 3.8) is 0 Å². The van der Waals surface area contributed by atoms with Crippen LogP contribution in [0.2, 0.25) is 9.36 Å². The first-order valence-corrected chi connectivity index (χ1v) is 16.9. The Labute approximate surface area is 132 Å². The Balaban J connectivity index is 2.14. The second-order valence-corrected chi connectivity index (χ2v) is 18.2. The molecule has 0 fully saturated rings. The van der Waals surface area contributed by atoms with Crippen LogP contribution >= 0.6 is 0 Å². The average Bonchev–Trinajstić information content (AvgIpc) is 2.81. The van der Waals surface area contributed by atoms with Gasteiger partial charge in [-0.25, -0.2) is 0 Å². The molecule has 0 N–H and O–H groups in total. The Morgan fingerprint density at radius 1 is 1.05 bits per heavy atom. The van der Waals surface area contributed by atoms with Crippen LogP contribution in [0.25, 0.3) is 6.08 Å². The fraction of sp³-hybridized carbons (Fsp3) is 0.579. The molecule has 3 rings (SSSR count). The van der Waals surface area contributed by atoms with Crippen LogP contribution in [0.4, 0.5) is 0 Å². The van der Waals surface area contributed by atoms with Gasteiger partial charge in [0.1, 0.15) is 0 Å². The summed E-state index contributed by atoms with van der Waals surface area (Å²) >= 11 is -1.57. The fourth-order valence-electron chi connectivity index (χ4n) is 4.46. The van der Waals surface area contributed by atoms with Gasteiger partial charge in [-0.2, -0.15) is 0 Å². The second kappa shape index (κ2) is 4.66. The van der Waals surface area contributed by atoms with Crippen molar-refractivity contribution >= 4 is 6.08 Å². The topological polar surface area (TPSA) is 0 Å². The summed E-state index contributed by atoms with van der Waals surface area (Å²) in [5.41, 5.74) is 6.91. The Bertz CT molecular complexity index is 568. The van der Waals surface area contributed by atoms with Gasteiger partial charge in [0.15, 0.2) is 0 Å². The Kier molecular flexibility index (Phi) is 3.44. The summed E-state index contributed by atoms with van der Waals surface area (Å²) in [6.07, 6.45) is 7.52. The van der Waals surface area contributed by atoms with Gasteiger partial charge in [-0.15, -0.1) is 0 Å².